The van der Waals surface area contributed by atoms with Crippen molar-refractivity contribution >= 4 is 5.97 Å². The maximum absolute atomic E-state index is 14.3. The van der Waals surface area contributed by atoms with E-state index >= 15 is 0 Å². The van der Waals surface area contributed by atoms with Gasteiger partial charge >= 0.3 is 11.9 Å². The number of ether oxygens (including phenoxy) is 2. The minimum atomic E-state index is -3.09. The van der Waals surface area contributed by atoms with E-state index in [0.29, 0.717) is 23.3 Å². The number of hydrogen-bond acceptors (Lipinski definition) is 6. The molecule has 0 fully saturated rings. The fourth-order valence-electron chi connectivity index (χ4n) is 3.70. The standard InChI is InChI=1S/C28H31F2NO5/c1-19(31-16-26(34)22-10-13-27(36-20(2)33)23(15-22)17-32)14-21-8-11-25(12-9-21)35-18-28(29,30)24-6-4-3-5-7-24/h3-13,15,19,26,31-32,34H,14,16-18H2,1-2H3/t19-,26+/m1/s1. The van der Waals surface area contributed by atoms with Gasteiger partial charge in [-0.15, -0.1) is 0 Å². The third kappa shape index (κ3) is 7.84. The molecule has 0 amide bonds. The fraction of sp³-hybridized carbons (Fsp3) is 0.321. The van der Waals surface area contributed by atoms with Gasteiger partial charge in [-0.1, -0.05) is 48.5 Å². The monoisotopic (exact) mass is 499 g/mol. The summed E-state index contributed by atoms with van der Waals surface area (Å²) in [5.74, 6) is -2.95. The van der Waals surface area contributed by atoms with Gasteiger partial charge in [-0.2, -0.15) is 8.78 Å². The van der Waals surface area contributed by atoms with E-state index in [1.807, 2.05) is 19.1 Å². The van der Waals surface area contributed by atoms with Crippen LogP contribution in [0.25, 0.3) is 0 Å². The van der Waals surface area contributed by atoms with E-state index in [1.165, 1.54) is 19.1 Å². The Hall–Kier alpha value is -3.33. The first-order valence-electron chi connectivity index (χ1n) is 11.7. The average molecular weight is 500 g/mol. The van der Waals surface area contributed by atoms with Crippen LogP contribution >= 0.6 is 0 Å². The first-order chi connectivity index (χ1) is 17.2. The van der Waals surface area contributed by atoms with Gasteiger partial charge in [0.1, 0.15) is 11.5 Å². The number of rotatable bonds is 12. The normalized spacial score (nSPS) is 13.2. The van der Waals surface area contributed by atoms with Gasteiger partial charge in [0.05, 0.1) is 12.7 Å². The quantitative estimate of drug-likeness (QED) is 0.251. The third-order valence-electron chi connectivity index (χ3n) is 5.63. The maximum atomic E-state index is 14.3. The van der Waals surface area contributed by atoms with Crippen LogP contribution in [0.3, 0.4) is 0 Å². The molecular weight excluding hydrogens is 468 g/mol. The van der Waals surface area contributed by atoms with E-state index in [2.05, 4.69) is 5.32 Å². The van der Waals surface area contributed by atoms with E-state index in [1.54, 1.807) is 48.5 Å². The lowest BCUT2D eigenvalue weighted by atomic mass is 10.0. The van der Waals surface area contributed by atoms with Crippen LogP contribution in [-0.2, 0) is 23.7 Å². The lowest BCUT2D eigenvalue weighted by Gasteiger charge is -2.19. The highest BCUT2D eigenvalue weighted by Crippen LogP contribution is 2.29. The number of benzene rings is 3. The molecule has 0 aliphatic carbocycles. The zero-order valence-corrected chi connectivity index (χ0v) is 20.3. The van der Waals surface area contributed by atoms with E-state index < -0.39 is 24.6 Å². The highest BCUT2D eigenvalue weighted by atomic mass is 19.3. The number of halogens is 2. The van der Waals surface area contributed by atoms with E-state index in [9.17, 15) is 23.8 Å². The molecule has 36 heavy (non-hydrogen) atoms. The molecule has 0 radical (unpaired) electrons. The Bertz CT molecular complexity index is 1120. The van der Waals surface area contributed by atoms with Crippen molar-refractivity contribution < 1.29 is 33.3 Å². The molecule has 3 aromatic carbocycles. The van der Waals surface area contributed by atoms with Crippen LogP contribution in [0, 0.1) is 0 Å². The Kier molecular flexibility index (Phi) is 9.52. The van der Waals surface area contributed by atoms with Crippen molar-refractivity contribution in [3.63, 3.8) is 0 Å². The Balaban J connectivity index is 1.48. The number of carbonyl (C=O) groups excluding carboxylic acids is 1. The van der Waals surface area contributed by atoms with E-state index in [0.717, 1.165) is 5.56 Å². The Labute approximate surface area is 209 Å². The predicted octanol–water partition coefficient (Wildman–Crippen LogP) is 4.53. The van der Waals surface area contributed by atoms with Crippen molar-refractivity contribution in [1.82, 2.24) is 5.32 Å². The number of hydrogen-bond donors (Lipinski definition) is 3. The largest absolute Gasteiger partial charge is 0.487 e. The first-order valence-corrected chi connectivity index (χ1v) is 11.7. The summed E-state index contributed by atoms with van der Waals surface area (Å²) in [4.78, 5) is 11.2. The predicted molar refractivity (Wildman–Crippen MR) is 132 cm³/mol. The Morgan fingerprint density at radius 3 is 2.39 bits per heavy atom. The minimum Gasteiger partial charge on any atom is -0.487 e. The molecule has 0 saturated carbocycles. The molecule has 0 saturated heterocycles. The highest BCUT2D eigenvalue weighted by Gasteiger charge is 2.32. The molecule has 0 aromatic heterocycles. The van der Waals surface area contributed by atoms with Crippen molar-refractivity contribution in [2.45, 2.75) is 44.9 Å². The van der Waals surface area contributed by atoms with Gasteiger partial charge in [0.15, 0.2) is 6.61 Å². The second-order valence-corrected chi connectivity index (χ2v) is 8.65. The number of alkyl halides is 2. The highest BCUT2D eigenvalue weighted by molar-refractivity contribution is 5.69. The molecule has 3 rings (SSSR count). The topological polar surface area (TPSA) is 88.0 Å². The summed E-state index contributed by atoms with van der Waals surface area (Å²) in [6, 6.07) is 19.4. The van der Waals surface area contributed by atoms with Crippen LogP contribution in [-0.4, -0.2) is 35.4 Å². The molecule has 192 valence electrons. The van der Waals surface area contributed by atoms with Crippen LogP contribution in [0.5, 0.6) is 11.5 Å². The molecule has 2 atom stereocenters. The lowest BCUT2D eigenvalue weighted by molar-refractivity contribution is -0.131. The third-order valence-corrected chi connectivity index (χ3v) is 5.63. The molecule has 6 nitrogen and oxygen atoms in total. The summed E-state index contributed by atoms with van der Waals surface area (Å²) in [6.07, 6.45) is -0.174. The summed E-state index contributed by atoms with van der Waals surface area (Å²) in [7, 11) is 0. The van der Waals surface area contributed by atoms with Gasteiger partial charge in [-0.05, 0) is 48.7 Å². The summed E-state index contributed by atoms with van der Waals surface area (Å²) in [6.45, 7) is 2.46. The molecule has 0 bridgehead atoms. The zero-order valence-electron chi connectivity index (χ0n) is 20.3. The average Bonchev–Trinajstić information content (AvgIpc) is 2.87. The molecule has 3 N–H and O–H groups in total. The van der Waals surface area contributed by atoms with Crippen molar-refractivity contribution in [3.8, 4) is 11.5 Å². The molecular formula is C28H31F2NO5. The summed E-state index contributed by atoms with van der Waals surface area (Å²) >= 11 is 0. The molecule has 0 heterocycles. The first kappa shape index (κ1) is 27.3. The molecule has 0 unspecified atom stereocenters. The molecule has 3 aromatic rings. The van der Waals surface area contributed by atoms with Crippen molar-refractivity contribution in [3.05, 3.63) is 95.1 Å². The minimum absolute atomic E-state index is 0.0199. The van der Waals surface area contributed by atoms with Crippen molar-refractivity contribution in [1.29, 1.82) is 0 Å². The van der Waals surface area contributed by atoms with Gasteiger partial charge in [-0.25, -0.2) is 0 Å². The number of esters is 1. The SMILES string of the molecule is CC(=O)Oc1ccc([C@@H](O)CN[C@H](C)Cc2ccc(OCC(F)(F)c3ccccc3)cc2)cc1CO. The van der Waals surface area contributed by atoms with Gasteiger partial charge in [0, 0.05) is 30.6 Å². The van der Waals surface area contributed by atoms with E-state index in [-0.39, 0.29) is 30.5 Å². The second-order valence-electron chi connectivity index (χ2n) is 8.65. The second kappa shape index (κ2) is 12.6. The number of aliphatic hydroxyl groups is 2. The maximum Gasteiger partial charge on any atom is 0.308 e. The van der Waals surface area contributed by atoms with E-state index in [4.69, 9.17) is 9.47 Å². The molecule has 0 aliphatic heterocycles. The Morgan fingerprint density at radius 1 is 1.06 bits per heavy atom. The Morgan fingerprint density at radius 2 is 1.75 bits per heavy atom. The van der Waals surface area contributed by atoms with Crippen LogP contribution in [0.2, 0.25) is 0 Å². The van der Waals surface area contributed by atoms with Crippen LogP contribution in [0.4, 0.5) is 8.78 Å². The van der Waals surface area contributed by atoms with Crippen LogP contribution in [0.15, 0.2) is 72.8 Å². The summed E-state index contributed by atoms with van der Waals surface area (Å²) in [5.41, 5.74) is 1.90. The van der Waals surface area contributed by atoms with Gasteiger partial charge in [0.25, 0.3) is 0 Å². The molecule has 8 heteroatoms. The van der Waals surface area contributed by atoms with Crippen LogP contribution in [0.1, 0.15) is 42.2 Å². The molecule has 0 spiro atoms. The van der Waals surface area contributed by atoms with Crippen molar-refractivity contribution in [2.75, 3.05) is 13.2 Å². The number of nitrogens with one attached hydrogen (secondary N) is 1. The van der Waals surface area contributed by atoms with Gasteiger partial charge in [-0.3, -0.25) is 4.79 Å². The summed E-state index contributed by atoms with van der Waals surface area (Å²) < 4.78 is 39.0. The number of carbonyl (C=O) groups is 1. The lowest BCUT2D eigenvalue weighted by Crippen LogP contribution is -2.32. The van der Waals surface area contributed by atoms with Crippen molar-refractivity contribution in [2.24, 2.45) is 0 Å². The van der Waals surface area contributed by atoms with Gasteiger partial charge in [0.2, 0.25) is 0 Å². The number of aliphatic hydroxyl groups excluding tert-OH is 2. The van der Waals surface area contributed by atoms with Gasteiger partial charge < -0.3 is 25.0 Å². The summed E-state index contributed by atoms with van der Waals surface area (Å²) in [5, 5.41) is 23.3. The zero-order chi connectivity index (χ0) is 26.1. The smallest absolute Gasteiger partial charge is 0.308 e. The van der Waals surface area contributed by atoms with Crippen LogP contribution < -0.4 is 14.8 Å². The fourth-order valence-corrected chi connectivity index (χ4v) is 3.70. The molecule has 0 aliphatic rings.